The van der Waals surface area contributed by atoms with Crippen molar-refractivity contribution in [2.45, 2.75) is 65.0 Å². The van der Waals surface area contributed by atoms with Crippen LogP contribution in [-0.2, 0) is 0 Å². The molecule has 0 radical (unpaired) electrons. The number of hydrazine groups is 2. The summed E-state index contributed by atoms with van der Waals surface area (Å²) in [4.78, 5) is 0. The molecule has 1 aliphatic heterocycles. The molecule has 0 aromatic carbocycles. The van der Waals surface area contributed by atoms with Crippen molar-refractivity contribution in [1.82, 2.24) is 16.0 Å². The lowest BCUT2D eigenvalue weighted by Gasteiger charge is -2.52. The smallest absolute Gasteiger partial charge is 0.0321 e. The van der Waals surface area contributed by atoms with Gasteiger partial charge in [-0.1, -0.05) is 6.08 Å². The van der Waals surface area contributed by atoms with E-state index in [1.807, 2.05) is 19.2 Å². The number of nitrogens with zero attached hydrogens (tertiary/aromatic N) is 1. The van der Waals surface area contributed by atoms with Gasteiger partial charge in [0.2, 0.25) is 0 Å². The Labute approximate surface area is 93.9 Å². The van der Waals surface area contributed by atoms with Crippen molar-refractivity contribution in [2.24, 2.45) is 0 Å². The van der Waals surface area contributed by atoms with E-state index in [0.717, 1.165) is 0 Å². The third kappa shape index (κ3) is 2.95. The first-order valence-corrected chi connectivity index (χ1v) is 5.83. The van der Waals surface area contributed by atoms with Crippen LogP contribution in [0.5, 0.6) is 0 Å². The minimum absolute atomic E-state index is 0.205. The van der Waals surface area contributed by atoms with Gasteiger partial charge in [-0.15, -0.1) is 0 Å². The zero-order valence-electron chi connectivity index (χ0n) is 10.7. The molecule has 0 aliphatic carbocycles. The lowest BCUT2D eigenvalue weighted by molar-refractivity contribution is -0.0792. The maximum atomic E-state index is 3.30. The van der Waals surface area contributed by atoms with Crippen molar-refractivity contribution in [3.05, 3.63) is 12.3 Å². The summed E-state index contributed by atoms with van der Waals surface area (Å²) in [6.07, 6.45) is 7.68. The van der Waals surface area contributed by atoms with Crippen LogP contribution in [0.25, 0.3) is 0 Å². The Morgan fingerprint density at radius 3 is 2.07 bits per heavy atom. The van der Waals surface area contributed by atoms with E-state index in [2.05, 4.69) is 43.7 Å². The molecular weight excluding hydrogens is 186 g/mol. The standard InChI is InChI=1S/C12H25N3/c1-6-10-13-14-15-11(2,3)8-7-9-12(15,4)5/h6,10,13-14H,7-9H2,1-5H3. The van der Waals surface area contributed by atoms with Gasteiger partial charge in [-0.2, -0.15) is 5.53 Å². The molecular formula is C12H25N3. The molecule has 0 aromatic rings. The summed E-state index contributed by atoms with van der Waals surface area (Å²) in [7, 11) is 0. The summed E-state index contributed by atoms with van der Waals surface area (Å²) < 4.78 is 0. The molecule has 3 nitrogen and oxygen atoms in total. The fourth-order valence-corrected chi connectivity index (χ4v) is 2.48. The average Bonchev–Trinajstić information content (AvgIpc) is 2.09. The Bertz CT molecular complexity index is 215. The van der Waals surface area contributed by atoms with E-state index in [0.29, 0.717) is 0 Å². The van der Waals surface area contributed by atoms with Gasteiger partial charge in [0.05, 0.1) is 0 Å². The van der Waals surface area contributed by atoms with Crippen molar-refractivity contribution in [3.8, 4) is 0 Å². The molecule has 0 spiro atoms. The second kappa shape index (κ2) is 4.54. The molecule has 1 rings (SSSR count). The average molecular weight is 211 g/mol. The predicted octanol–water partition coefficient (Wildman–Crippen LogP) is 2.57. The maximum Gasteiger partial charge on any atom is 0.0321 e. The lowest BCUT2D eigenvalue weighted by atomic mass is 9.82. The first-order chi connectivity index (χ1) is 6.90. The Hall–Kier alpha value is -0.540. The van der Waals surface area contributed by atoms with Gasteiger partial charge >= 0.3 is 0 Å². The van der Waals surface area contributed by atoms with E-state index < -0.39 is 0 Å². The largest absolute Gasteiger partial charge is 0.316 e. The van der Waals surface area contributed by atoms with Gasteiger partial charge in [-0.25, -0.2) is 5.01 Å². The van der Waals surface area contributed by atoms with Crippen LogP contribution in [0, 0.1) is 0 Å². The van der Waals surface area contributed by atoms with Gasteiger partial charge < -0.3 is 5.43 Å². The molecule has 1 fully saturated rings. The van der Waals surface area contributed by atoms with Crippen LogP contribution in [0.2, 0.25) is 0 Å². The van der Waals surface area contributed by atoms with Crippen molar-refractivity contribution >= 4 is 0 Å². The Kier molecular flexibility index (Phi) is 3.79. The number of allylic oxidation sites excluding steroid dienone is 1. The minimum Gasteiger partial charge on any atom is -0.316 e. The zero-order valence-corrected chi connectivity index (χ0v) is 10.7. The highest BCUT2D eigenvalue weighted by Gasteiger charge is 2.41. The third-order valence-electron chi connectivity index (χ3n) is 3.21. The maximum absolute atomic E-state index is 3.30. The van der Waals surface area contributed by atoms with E-state index in [9.17, 15) is 0 Å². The van der Waals surface area contributed by atoms with E-state index in [1.54, 1.807) is 0 Å². The summed E-state index contributed by atoms with van der Waals surface area (Å²) in [5.74, 6) is 0. The van der Waals surface area contributed by atoms with E-state index in [4.69, 9.17) is 0 Å². The van der Waals surface area contributed by atoms with Crippen molar-refractivity contribution in [1.29, 1.82) is 0 Å². The highest BCUT2D eigenvalue weighted by atomic mass is 15.7. The zero-order chi connectivity index (χ0) is 11.5. The molecule has 3 heteroatoms. The molecule has 0 unspecified atom stereocenters. The third-order valence-corrected chi connectivity index (χ3v) is 3.21. The van der Waals surface area contributed by atoms with Crippen molar-refractivity contribution in [3.63, 3.8) is 0 Å². The summed E-state index contributed by atoms with van der Waals surface area (Å²) in [6, 6.07) is 0. The molecule has 2 N–H and O–H groups in total. The number of rotatable bonds is 3. The number of piperidine rings is 1. The van der Waals surface area contributed by atoms with Crippen LogP contribution in [0.4, 0.5) is 0 Å². The molecule has 0 atom stereocenters. The van der Waals surface area contributed by atoms with Crippen molar-refractivity contribution in [2.75, 3.05) is 0 Å². The lowest BCUT2D eigenvalue weighted by Crippen LogP contribution is -2.66. The van der Waals surface area contributed by atoms with Gasteiger partial charge in [0.25, 0.3) is 0 Å². The van der Waals surface area contributed by atoms with Gasteiger partial charge in [0, 0.05) is 17.3 Å². The van der Waals surface area contributed by atoms with Gasteiger partial charge in [-0.05, 0) is 53.9 Å². The number of hydrogen-bond donors (Lipinski definition) is 2. The Morgan fingerprint density at radius 2 is 1.60 bits per heavy atom. The fourth-order valence-electron chi connectivity index (χ4n) is 2.48. The van der Waals surface area contributed by atoms with E-state index in [1.165, 1.54) is 19.3 Å². The Balaban J connectivity index is 2.68. The molecule has 0 saturated carbocycles. The minimum atomic E-state index is 0.205. The molecule has 1 saturated heterocycles. The molecule has 0 aromatic heterocycles. The molecule has 0 bridgehead atoms. The molecule has 15 heavy (non-hydrogen) atoms. The van der Waals surface area contributed by atoms with Crippen LogP contribution in [0.3, 0.4) is 0 Å². The highest BCUT2D eigenvalue weighted by molar-refractivity contribution is 4.94. The van der Waals surface area contributed by atoms with E-state index in [-0.39, 0.29) is 11.1 Å². The SMILES string of the molecule is CC=CNNN1C(C)(C)CCCC1(C)C. The number of hydrogen-bond acceptors (Lipinski definition) is 3. The molecule has 1 aliphatic rings. The quantitative estimate of drug-likeness (QED) is 0.703. The highest BCUT2D eigenvalue weighted by Crippen LogP contribution is 2.35. The molecule has 88 valence electrons. The normalized spacial score (nSPS) is 25.7. The van der Waals surface area contributed by atoms with Crippen LogP contribution in [0.1, 0.15) is 53.9 Å². The van der Waals surface area contributed by atoms with Crippen LogP contribution >= 0.6 is 0 Å². The fraction of sp³-hybridized carbons (Fsp3) is 0.833. The van der Waals surface area contributed by atoms with Gasteiger partial charge in [0.15, 0.2) is 0 Å². The summed E-state index contributed by atoms with van der Waals surface area (Å²) in [5, 5.41) is 2.34. The topological polar surface area (TPSA) is 27.3 Å². The van der Waals surface area contributed by atoms with Gasteiger partial charge in [-0.3, -0.25) is 0 Å². The summed E-state index contributed by atoms with van der Waals surface area (Å²) in [5.41, 5.74) is 6.82. The van der Waals surface area contributed by atoms with Crippen molar-refractivity contribution < 1.29 is 0 Å². The molecule has 1 heterocycles. The second-order valence-electron chi connectivity index (χ2n) is 5.57. The van der Waals surface area contributed by atoms with Gasteiger partial charge in [0.1, 0.15) is 0 Å². The Morgan fingerprint density at radius 1 is 1.07 bits per heavy atom. The monoisotopic (exact) mass is 211 g/mol. The first kappa shape index (κ1) is 12.5. The van der Waals surface area contributed by atoms with Crippen LogP contribution in [0.15, 0.2) is 12.3 Å². The first-order valence-electron chi connectivity index (χ1n) is 5.83. The second-order valence-corrected chi connectivity index (χ2v) is 5.57. The predicted molar refractivity (Wildman–Crippen MR) is 64.9 cm³/mol. The number of nitrogens with one attached hydrogen (secondary N) is 2. The van der Waals surface area contributed by atoms with E-state index >= 15 is 0 Å². The summed E-state index contributed by atoms with van der Waals surface area (Å²) in [6.45, 7) is 11.2. The summed E-state index contributed by atoms with van der Waals surface area (Å²) >= 11 is 0. The van der Waals surface area contributed by atoms with Crippen LogP contribution < -0.4 is 11.0 Å². The molecule has 0 amide bonds. The van der Waals surface area contributed by atoms with Crippen LogP contribution in [-0.4, -0.2) is 16.1 Å².